The van der Waals surface area contributed by atoms with Crippen molar-refractivity contribution in [2.75, 3.05) is 25.5 Å². The van der Waals surface area contributed by atoms with Gasteiger partial charge in [0.1, 0.15) is 11.6 Å². The Kier molecular flexibility index (Phi) is 5.22. The van der Waals surface area contributed by atoms with Gasteiger partial charge in [-0.2, -0.15) is 0 Å². The van der Waals surface area contributed by atoms with E-state index < -0.39 is 0 Å². The molecule has 132 valence electrons. The number of nitrogens with zero attached hydrogens (tertiary/aromatic N) is 1. The maximum Gasteiger partial charge on any atom is 0.253 e. The molecule has 3 rings (SSSR count). The molecule has 1 aliphatic heterocycles. The monoisotopic (exact) mass is 342 g/mol. The number of halogens is 1. The summed E-state index contributed by atoms with van der Waals surface area (Å²) in [6.45, 7) is 3.22. The summed E-state index contributed by atoms with van der Waals surface area (Å²) in [5.74, 6) is 0.465. The molecule has 0 aliphatic carbocycles. The van der Waals surface area contributed by atoms with E-state index in [0.29, 0.717) is 17.8 Å². The third kappa shape index (κ3) is 4.10. The zero-order valence-corrected chi connectivity index (χ0v) is 14.6. The van der Waals surface area contributed by atoms with Crippen LogP contribution in [-0.2, 0) is 0 Å². The van der Waals surface area contributed by atoms with Gasteiger partial charge in [0.05, 0.1) is 12.8 Å². The Bertz CT molecular complexity index is 746. The van der Waals surface area contributed by atoms with Crippen LogP contribution in [-0.4, -0.2) is 37.0 Å². The molecular weight excluding hydrogens is 319 g/mol. The Morgan fingerprint density at radius 2 is 2.00 bits per heavy atom. The highest BCUT2D eigenvalue weighted by Crippen LogP contribution is 2.22. The van der Waals surface area contributed by atoms with Gasteiger partial charge >= 0.3 is 0 Å². The summed E-state index contributed by atoms with van der Waals surface area (Å²) in [7, 11) is 1.60. The van der Waals surface area contributed by atoms with Crippen molar-refractivity contribution in [1.29, 1.82) is 0 Å². The number of aryl methyl sites for hydroxylation is 1. The molecule has 0 spiro atoms. The fraction of sp³-hybridized carbons (Fsp3) is 0.350. The average molecular weight is 342 g/mol. The van der Waals surface area contributed by atoms with Crippen LogP contribution in [0.5, 0.6) is 5.75 Å². The second-order valence-electron chi connectivity index (χ2n) is 6.45. The molecule has 1 atom stereocenters. The van der Waals surface area contributed by atoms with Crippen molar-refractivity contribution in [3.63, 3.8) is 0 Å². The van der Waals surface area contributed by atoms with Crippen molar-refractivity contribution in [1.82, 2.24) is 4.90 Å². The van der Waals surface area contributed by atoms with E-state index in [1.54, 1.807) is 43.5 Å². The minimum Gasteiger partial charge on any atom is -0.497 e. The number of ether oxygens (including phenoxy) is 1. The summed E-state index contributed by atoms with van der Waals surface area (Å²) in [6, 6.07) is 12.2. The Morgan fingerprint density at radius 3 is 2.72 bits per heavy atom. The summed E-state index contributed by atoms with van der Waals surface area (Å²) >= 11 is 0. The highest BCUT2D eigenvalue weighted by molar-refractivity contribution is 5.94. The van der Waals surface area contributed by atoms with Crippen molar-refractivity contribution in [2.45, 2.75) is 25.8 Å². The number of hydrogen-bond acceptors (Lipinski definition) is 3. The number of carbonyl (C=O) groups excluding carboxylic acids is 1. The van der Waals surface area contributed by atoms with Gasteiger partial charge in [0.15, 0.2) is 0 Å². The molecule has 0 bridgehead atoms. The molecule has 0 radical (unpaired) electrons. The van der Waals surface area contributed by atoms with Crippen molar-refractivity contribution < 1.29 is 13.9 Å². The first-order valence-electron chi connectivity index (χ1n) is 8.53. The van der Waals surface area contributed by atoms with Crippen molar-refractivity contribution in [2.24, 2.45) is 0 Å². The van der Waals surface area contributed by atoms with Gasteiger partial charge in [-0.25, -0.2) is 4.39 Å². The van der Waals surface area contributed by atoms with Crippen LogP contribution in [0.3, 0.4) is 0 Å². The number of hydrogen-bond donors (Lipinski definition) is 1. The van der Waals surface area contributed by atoms with Crippen LogP contribution in [0.25, 0.3) is 0 Å². The number of piperidine rings is 1. The van der Waals surface area contributed by atoms with E-state index in [4.69, 9.17) is 4.74 Å². The summed E-state index contributed by atoms with van der Waals surface area (Å²) < 4.78 is 19.1. The summed E-state index contributed by atoms with van der Waals surface area (Å²) in [6.07, 6.45) is 1.81. The van der Waals surface area contributed by atoms with Gasteiger partial charge in [-0.15, -0.1) is 0 Å². The van der Waals surface area contributed by atoms with Crippen molar-refractivity contribution in [3.8, 4) is 5.75 Å². The number of rotatable bonds is 4. The highest BCUT2D eigenvalue weighted by Gasteiger charge is 2.25. The second-order valence-corrected chi connectivity index (χ2v) is 6.45. The molecule has 0 aromatic heterocycles. The maximum atomic E-state index is 14.0. The second kappa shape index (κ2) is 7.55. The Labute approximate surface area is 147 Å². The molecule has 2 aromatic carbocycles. The van der Waals surface area contributed by atoms with Gasteiger partial charge in [-0.3, -0.25) is 4.79 Å². The van der Waals surface area contributed by atoms with Gasteiger partial charge in [0, 0.05) is 24.7 Å². The summed E-state index contributed by atoms with van der Waals surface area (Å²) in [5, 5.41) is 3.26. The van der Waals surface area contributed by atoms with Crippen molar-refractivity contribution in [3.05, 3.63) is 59.4 Å². The topological polar surface area (TPSA) is 41.6 Å². The van der Waals surface area contributed by atoms with E-state index in [9.17, 15) is 9.18 Å². The lowest BCUT2D eigenvalue weighted by Crippen LogP contribution is -2.45. The zero-order valence-electron chi connectivity index (χ0n) is 14.6. The lowest BCUT2D eigenvalue weighted by Gasteiger charge is -2.34. The molecule has 1 N–H and O–H groups in total. The number of nitrogens with one attached hydrogen (secondary N) is 1. The summed E-state index contributed by atoms with van der Waals surface area (Å²) in [4.78, 5) is 14.5. The molecule has 1 amide bonds. The Balaban J connectivity index is 1.67. The molecule has 1 aliphatic rings. The molecule has 1 fully saturated rings. The number of benzene rings is 2. The van der Waals surface area contributed by atoms with Crippen LogP contribution in [0.2, 0.25) is 0 Å². The number of anilines is 1. The van der Waals surface area contributed by atoms with Crippen LogP contribution in [0.1, 0.15) is 28.8 Å². The smallest absolute Gasteiger partial charge is 0.253 e. The standard InChI is InChI=1S/C20H23FN2O2/c1-14-5-10-18(21)19(12-14)22-16-4-3-11-23(13-16)20(24)15-6-8-17(25-2)9-7-15/h5-10,12,16,22H,3-4,11,13H2,1-2H3. The van der Waals surface area contributed by atoms with Gasteiger partial charge in [-0.1, -0.05) is 6.07 Å². The third-order valence-electron chi connectivity index (χ3n) is 4.53. The molecule has 1 heterocycles. The van der Waals surface area contributed by atoms with E-state index in [2.05, 4.69) is 5.32 Å². The first-order chi connectivity index (χ1) is 12.1. The number of methoxy groups -OCH3 is 1. The van der Waals surface area contributed by atoms with E-state index in [0.717, 1.165) is 30.7 Å². The van der Waals surface area contributed by atoms with E-state index >= 15 is 0 Å². The van der Waals surface area contributed by atoms with E-state index in [1.165, 1.54) is 6.07 Å². The van der Waals surface area contributed by atoms with Gasteiger partial charge < -0.3 is 15.0 Å². The fourth-order valence-corrected chi connectivity index (χ4v) is 3.17. The number of amides is 1. The highest BCUT2D eigenvalue weighted by atomic mass is 19.1. The predicted molar refractivity (Wildman–Crippen MR) is 96.7 cm³/mol. The SMILES string of the molecule is COc1ccc(C(=O)N2CCCC(Nc3cc(C)ccc3F)C2)cc1. The van der Waals surface area contributed by atoms with Crippen molar-refractivity contribution >= 4 is 11.6 Å². The Hall–Kier alpha value is -2.56. The number of carbonyl (C=O) groups is 1. The van der Waals surface area contributed by atoms with Gasteiger partial charge in [-0.05, 0) is 61.7 Å². The lowest BCUT2D eigenvalue weighted by molar-refractivity contribution is 0.0714. The maximum absolute atomic E-state index is 14.0. The molecule has 0 saturated carbocycles. The predicted octanol–water partition coefficient (Wildman–Crippen LogP) is 3.86. The minimum atomic E-state index is -0.260. The lowest BCUT2D eigenvalue weighted by atomic mass is 10.0. The quantitative estimate of drug-likeness (QED) is 0.917. The Morgan fingerprint density at radius 1 is 1.24 bits per heavy atom. The van der Waals surface area contributed by atoms with Gasteiger partial charge in [0.2, 0.25) is 0 Å². The molecule has 1 saturated heterocycles. The molecule has 1 unspecified atom stereocenters. The van der Waals surface area contributed by atoms with Crippen LogP contribution >= 0.6 is 0 Å². The van der Waals surface area contributed by atoms with Crippen LogP contribution in [0.15, 0.2) is 42.5 Å². The van der Waals surface area contributed by atoms with E-state index in [1.807, 2.05) is 11.8 Å². The third-order valence-corrected chi connectivity index (χ3v) is 4.53. The first kappa shape index (κ1) is 17.3. The molecule has 25 heavy (non-hydrogen) atoms. The summed E-state index contributed by atoms with van der Waals surface area (Å²) in [5.41, 5.74) is 2.15. The zero-order chi connectivity index (χ0) is 17.8. The fourth-order valence-electron chi connectivity index (χ4n) is 3.17. The molecule has 2 aromatic rings. The molecule has 5 heteroatoms. The number of likely N-dealkylation sites (tertiary alicyclic amines) is 1. The molecule has 4 nitrogen and oxygen atoms in total. The average Bonchev–Trinajstić information content (AvgIpc) is 2.64. The van der Waals surface area contributed by atoms with Gasteiger partial charge in [0.25, 0.3) is 5.91 Å². The van der Waals surface area contributed by atoms with E-state index in [-0.39, 0.29) is 17.8 Å². The normalized spacial score (nSPS) is 17.2. The molecular formula is C20H23FN2O2. The first-order valence-corrected chi connectivity index (χ1v) is 8.53. The minimum absolute atomic E-state index is 0.00105. The van der Waals surface area contributed by atoms with Crippen LogP contribution in [0, 0.1) is 12.7 Å². The largest absolute Gasteiger partial charge is 0.497 e. The van der Waals surface area contributed by atoms with Crippen LogP contribution in [0.4, 0.5) is 10.1 Å². The van der Waals surface area contributed by atoms with Crippen LogP contribution < -0.4 is 10.1 Å².